The number of carbonyl (C=O) groups is 1. The molecule has 7 nitrogen and oxygen atoms in total. The largest absolute Gasteiger partial charge is 0.383 e. The van der Waals surface area contributed by atoms with Gasteiger partial charge in [0.1, 0.15) is 5.82 Å². The summed E-state index contributed by atoms with van der Waals surface area (Å²) < 4.78 is 5.19. The van der Waals surface area contributed by atoms with Gasteiger partial charge in [0.25, 0.3) is 5.56 Å². The fraction of sp³-hybridized carbons (Fsp3) is 0.348. The summed E-state index contributed by atoms with van der Waals surface area (Å²) in [5, 5.41) is 3.56. The van der Waals surface area contributed by atoms with Crippen LogP contribution in [-0.2, 0) is 16.1 Å². The zero-order valence-electron chi connectivity index (χ0n) is 17.6. The normalized spacial score (nSPS) is 11.4. The van der Waals surface area contributed by atoms with Gasteiger partial charge in [-0.2, -0.15) is 0 Å². The highest BCUT2D eigenvalue weighted by Crippen LogP contribution is 2.23. The van der Waals surface area contributed by atoms with Crippen LogP contribution in [0.2, 0.25) is 0 Å². The van der Waals surface area contributed by atoms with Gasteiger partial charge in [0.05, 0.1) is 30.6 Å². The average molecular weight is 409 g/mol. The summed E-state index contributed by atoms with van der Waals surface area (Å²) in [6.07, 6.45) is 0. The van der Waals surface area contributed by atoms with Crippen LogP contribution in [0.3, 0.4) is 0 Å². The lowest BCUT2D eigenvalue weighted by atomic mass is 10.0. The molecule has 2 N–H and O–H groups in total. The number of benzene rings is 2. The molecule has 1 aromatic heterocycles. The minimum Gasteiger partial charge on any atom is -0.383 e. The maximum Gasteiger partial charge on any atom is 0.258 e. The molecule has 0 saturated heterocycles. The average Bonchev–Trinajstić information content (AvgIpc) is 2.72. The predicted molar refractivity (Wildman–Crippen MR) is 119 cm³/mol. The Hall–Kier alpha value is -3.03. The molecule has 0 aliphatic rings. The van der Waals surface area contributed by atoms with Gasteiger partial charge in [0.15, 0.2) is 0 Å². The maximum atomic E-state index is 12.7. The summed E-state index contributed by atoms with van der Waals surface area (Å²) >= 11 is 0. The van der Waals surface area contributed by atoms with Crippen molar-refractivity contribution in [2.24, 2.45) is 0 Å². The van der Waals surface area contributed by atoms with Gasteiger partial charge in [-0.3, -0.25) is 14.5 Å². The first kappa shape index (κ1) is 21.7. The minimum atomic E-state index is -0.183. The Balaban J connectivity index is 1.75. The molecule has 0 aliphatic heterocycles. The van der Waals surface area contributed by atoms with Crippen molar-refractivity contribution in [1.29, 1.82) is 0 Å². The lowest BCUT2D eigenvalue weighted by molar-refractivity contribution is -0.117. The highest BCUT2D eigenvalue weighted by atomic mass is 16.5. The molecule has 2 aromatic carbocycles. The second-order valence-electron chi connectivity index (χ2n) is 7.52. The molecule has 0 spiro atoms. The first-order chi connectivity index (χ1) is 14.5. The van der Waals surface area contributed by atoms with Crippen molar-refractivity contribution in [3.05, 3.63) is 70.3 Å². The van der Waals surface area contributed by atoms with Crippen molar-refractivity contribution in [3.63, 3.8) is 0 Å². The maximum absolute atomic E-state index is 12.7. The minimum absolute atomic E-state index is 0.123. The molecule has 0 radical (unpaired) electrons. The van der Waals surface area contributed by atoms with Gasteiger partial charge in [-0.25, -0.2) is 4.98 Å². The van der Waals surface area contributed by atoms with Crippen LogP contribution in [0.4, 0.5) is 5.69 Å². The summed E-state index contributed by atoms with van der Waals surface area (Å²) in [4.78, 5) is 34.4. The van der Waals surface area contributed by atoms with Crippen LogP contribution in [0, 0.1) is 0 Å². The van der Waals surface area contributed by atoms with E-state index in [0.717, 1.165) is 11.3 Å². The van der Waals surface area contributed by atoms with Gasteiger partial charge >= 0.3 is 0 Å². The van der Waals surface area contributed by atoms with E-state index >= 15 is 0 Å². The van der Waals surface area contributed by atoms with Crippen LogP contribution in [0.5, 0.6) is 0 Å². The fourth-order valence-electron chi connectivity index (χ4n) is 3.36. The van der Waals surface area contributed by atoms with Gasteiger partial charge in [0, 0.05) is 19.3 Å². The molecule has 1 amide bonds. The Morgan fingerprint density at radius 1 is 1.17 bits per heavy atom. The van der Waals surface area contributed by atoms with E-state index in [1.165, 1.54) is 0 Å². The fourth-order valence-corrected chi connectivity index (χ4v) is 3.36. The molecular formula is C23H28N4O3. The van der Waals surface area contributed by atoms with E-state index in [9.17, 15) is 9.59 Å². The number of methoxy groups -OCH3 is 1. The van der Waals surface area contributed by atoms with Crippen molar-refractivity contribution in [3.8, 4) is 0 Å². The number of ether oxygens (including phenoxy) is 1. The van der Waals surface area contributed by atoms with Crippen molar-refractivity contribution in [1.82, 2.24) is 14.9 Å². The van der Waals surface area contributed by atoms with Crippen LogP contribution < -0.4 is 10.9 Å². The van der Waals surface area contributed by atoms with Gasteiger partial charge in [-0.05, 0) is 29.7 Å². The lowest BCUT2D eigenvalue weighted by Gasteiger charge is -2.22. The Bertz CT molecular complexity index is 1060. The summed E-state index contributed by atoms with van der Waals surface area (Å²) in [7, 11) is 1.62. The number of fused-ring (bicyclic) bond motifs is 1. The standard InChI is InChI=1S/C23H28N4O3/c1-16(2)17-8-4-6-10-19(17)25-22(28)15-27(12-13-30-3)14-21-24-20-11-7-5-9-18(20)23(29)26-21/h4-11,16H,12-15H2,1-3H3,(H,25,28)(H,24,26,29). The second-order valence-corrected chi connectivity index (χ2v) is 7.52. The van der Waals surface area contributed by atoms with E-state index in [1.54, 1.807) is 13.2 Å². The molecular weight excluding hydrogens is 380 g/mol. The van der Waals surface area contributed by atoms with Crippen molar-refractivity contribution < 1.29 is 9.53 Å². The molecule has 30 heavy (non-hydrogen) atoms. The third-order valence-corrected chi connectivity index (χ3v) is 4.87. The van der Waals surface area contributed by atoms with Crippen molar-refractivity contribution in [2.45, 2.75) is 26.3 Å². The van der Waals surface area contributed by atoms with E-state index in [0.29, 0.717) is 42.3 Å². The number of anilines is 1. The van der Waals surface area contributed by atoms with Crippen LogP contribution in [0.15, 0.2) is 53.3 Å². The molecule has 3 aromatic rings. The third kappa shape index (κ3) is 5.52. The summed E-state index contributed by atoms with van der Waals surface area (Å²) in [6.45, 7) is 5.68. The number of nitrogens with one attached hydrogen (secondary N) is 2. The third-order valence-electron chi connectivity index (χ3n) is 4.87. The Labute approximate surface area is 176 Å². The van der Waals surface area contributed by atoms with Crippen molar-refractivity contribution >= 4 is 22.5 Å². The van der Waals surface area contributed by atoms with E-state index in [-0.39, 0.29) is 18.0 Å². The van der Waals surface area contributed by atoms with E-state index < -0.39 is 0 Å². The summed E-state index contributed by atoms with van der Waals surface area (Å²) in [5.74, 6) is 0.700. The number of H-pyrrole nitrogens is 1. The summed E-state index contributed by atoms with van der Waals surface area (Å²) in [6, 6.07) is 15.0. The van der Waals surface area contributed by atoms with E-state index in [1.807, 2.05) is 47.4 Å². The summed E-state index contributed by atoms with van der Waals surface area (Å²) in [5.41, 5.74) is 2.37. The number of hydrogen-bond acceptors (Lipinski definition) is 5. The SMILES string of the molecule is COCCN(CC(=O)Nc1ccccc1C(C)C)Cc1nc2ccccc2c(=O)[nH]1. The smallest absolute Gasteiger partial charge is 0.258 e. The van der Waals surface area contributed by atoms with Gasteiger partial charge in [-0.15, -0.1) is 0 Å². The first-order valence-electron chi connectivity index (χ1n) is 10.1. The number of rotatable bonds is 9. The van der Waals surface area contributed by atoms with Crippen LogP contribution >= 0.6 is 0 Å². The quantitative estimate of drug-likeness (QED) is 0.568. The molecule has 0 saturated carbocycles. The topological polar surface area (TPSA) is 87.3 Å². The predicted octanol–water partition coefficient (Wildman–Crippen LogP) is 3.13. The van der Waals surface area contributed by atoms with E-state index in [2.05, 4.69) is 29.1 Å². The highest BCUT2D eigenvalue weighted by molar-refractivity contribution is 5.93. The molecule has 3 rings (SSSR count). The number of amides is 1. The molecule has 7 heteroatoms. The number of aromatic nitrogens is 2. The van der Waals surface area contributed by atoms with Crippen molar-refractivity contribution in [2.75, 3.05) is 32.1 Å². The number of hydrogen-bond donors (Lipinski definition) is 2. The molecule has 158 valence electrons. The molecule has 0 bridgehead atoms. The Kier molecular flexibility index (Phi) is 7.32. The zero-order valence-corrected chi connectivity index (χ0v) is 17.6. The van der Waals surface area contributed by atoms with Gasteiger partial charge < -0.3 is 15.0 Å². The molecule has 0 fully saturated rings. The number of para-hydroxylation sites is 2. The highest BCUT2D eigenvalue weighted by Gasteiger charge is 2.15. The molecule has 1 heterocycles. The van der Waals surface area contributed by atoms with Gasteiger partial charge in [0.2, 0.25) is 5.91 Å². The molecule has 0 atom stereocenters. The Morgan fingerprint density at radius 3 is 2.67 bits per heavy atom. The molecule has 0 unspecified atom stereocenters. The van der Waals surface area contributed by atoms with Gasteiger partial charge in [-0.1, -0.05) is 44.2 Å². The van der Waals surface area contributed by atoms with Crippen LogP contribution in [-0.4, -0.2) is 47.6 Å². The lowest BCUT2D eigenvalue weighted by Crippen LogP contribution is -2.36. The number of aromatic amines is 1. The first-order valence-corrected chi connectivity index (χ1v) is 10.1. The van der Waals surface area contributed by atoms with Crippen LogP contribution in [0.25, 0.3) is 10.9 Å². The van der Waals surface area contributed by atoms with E-state index in [4.69, 9.17) is 4.74 Å². The second kappa shape index (κ2) is 10.1. The van der Waals surface area contributed by atoms with Crippen LogP contribution in [0.1, 0.15) is 31.2 Å². The number of nitrogens with zero attached hydrogens (tertiary/aromatic N) is 2. The monoisotopic (exact) mass is 408 g/mol. The zero-order chi connectivity index (χ0) is 21.5. The number of carbonyl (C=O) groups excluding carboxylic acids is 1. The molecule has 0 aliphatic carbocycles. The Morgan fingerprint density at radius 2 is 1.90 bits per heavy atom.